The van der Waals surface area contributed by atoms with Crippen LogP contribution in [0.4, 0.5) is 8.78 Å². The summed E-state index contributed by atoms with van der Waals surface area (Å²) < 4.78 is 30.2. The van der Waals surface area contributed by atoms with Crippen molar-refractivity contribution in [2.24, 2.45) is 0 Å². The van der Waals surface area contributed by atoms with Crippen LogP contribution in [0.25, 0.3) is 0 Å². The van der Waals surface area contributed by atoms with Crippen LogP contribution in [0.2, 0.25) is 0 Å². The SMILES string of the molecule is COC(=O)C(Cc1cc(F)cc(F)c1)NCl. The maximum atomic E-state index is 12.9. The second-order valence-electron chi connectivity index (χ2n) is 3.17. The minimum Gasteiger partial charge on any atom is -0.468 e. The molecular formula is C10H10ClF2NO2. The fourth-order valence-electron chi connectivity index (χ4n) is 1.27. The quantitative estimate of drug-likeness (QED) is 0.653. The lowest BCUT2D eigenvalue weighted by Gasteiger charge is -2.12. The molecule has 1 atom stereocenters. The van der Waals surface area contributed by atoms with E-state index in [1.54, 1.807) is 0 Å². The van der Waals surface area contributed by atoms with E-state index in [4.69, 9.17) is 11.8 Å². The van der Waals surface area contributed by atoms with E-state index in [0.717, 1.165) is 18.2 Å². The van der Waals surface area contributed by atoms with Gasteiger partial charge in [0.05, 0.1) is 7.11 Å². The molecule has 0 aliphatic heterocycles. The molecule has 1 rings (SSSR count). The molecule has 0 saturated heterocycles. The van der Waals surface area contributed by atoms with Crippen molar-refractivity contribution in [1.82, 2.24) is 4.84 Å². The van der Waals surface area contributed by atoms with Crippen molar-refractivity contribution in [1.29, 1.82) is 0 Å². The Morgan fingerprint density at radius 2 is 2.00 bits per heavy atom. The van der Waals surface area contributed by atoms with Gasteiger partial charge in [-0.2, -0.15) is 0 Å². The molecule has 1 N–H and O–H groups in total. The fourth-order valence-corrected chi connectivity index (χ4v) is 1.44. The summed E-state index contributed by atoms with van der Waals surface area (Å²) in [5, 5.41) is 0. The van der Waals surface area contributed by atoms with E-state index in [2.05, 4.69) is 9.57 Å². The molecule has 0 fully saturated rings. The lowest BCUT2D eigenvalue weighted by Crippen LogP contribution is -2.34. The highest BCUT2D eigenvalue weighted by molar-refractivity contribution is 6.14. The summed E-state index contributed by atoms with van der Waals surface area (Å²) >= 11 is 5.33. The third kappa shape index (κ3) is 3.43. The first-order valence-electron chi connectivity index (χ1n) is 4.45. The van der Waals surface area contributed by atoms with E-state index in [0.29, 0.717) is 5.56 Å². The highest BCUT2D eigenvalue weighted by Gasteiger charge is 2.18. The Morgan fingerprint density at radius 1 is 1.44 bits per heavy atom. The third-order valence-electron chi connectivity index (χ3n) is 1.98. The number of hydrogen-bond acceptors (Lipinski definition) is 3. The fraction of sp³-hybridized carbons (Fsp3) is 0.300. The Labute approximate surface area is 96.5 Å². The number of esters is 1. The lowest BCUT2D eigenvalue weighted by molar-refractivity contribution is -0.142. The van der Waals surface area contributed by atoms with Crippen molar-refractivity contribution in [2.45, 2.75) is 12.5 Å². The van der Waals surface area contributed by atoms with Crippen molar-refractivity contribution < 1.29 is 18.3 Å². The number of nitrogens with one attached hydrogen (secondary N) is 1. The molecule has 0 aliphatic rings. The van der Waals surface area contributed by atoms with Crippen LogP contribution in [0.1, 0.15) is 5.56 Å². The van der Waals surface area contributed by atoms with Gasteiger partial charge in [0.25, 0.3) is 0 Å². The van der Waals surface area contributed by atoms with Gasteiger partial charge in [-0.1, -0.05) is 0 Å². The first-order chi connectivity index (χ1) is 7.56. The Hall–Kier alpha value is -1.20. The summed E-state index contributed by atoms with van der Waals surface area (Å²) in [6.07, 6.45) is 0.0465. The Kier molecular flexibility index (Phi) is 4.64. The molecule has 0 radical (unpaired) electrons. The molecule has 0 amide bonds. The topological polar surface area (TPSA) is 38.3 Å². The van der Waals surface area contributed by atoms with E-state index in [-0.39, 0.29) is 6.42 Å². The van der Waals surface area contributed by atoms with Gasteiger partial charge in [-0.3, -0.25) is 4.79 Å². The average molecular weight is 250 g/mol. The van der Waals surface area contributed by atoms with Gasteiger partial charge in [-0.05, 0) is 35.9 Å². The lowest BCUT2D eigenvalue weighted by atomic mass is 10.1. The summed E-state index contributed by atoms with van der Waals surface area (Å²) in [6, 6.07) is 2.18. The minimum atomic E-state index is -0.840. The molecule has 0 bridgehead atoms. The van der Waals surface area contributed by atoms with Gasteiger partial charge < -0.3 is 4.74 Å². The van der Waals surface area contributed by atoms with Gasteiger partial charge in [-0.15, -0.1) is 0 Å². The smallest absolute Gasteiger partial charge is 0.324 e. The van der Waals surface area contributed by atoms with Crippen LogP contribution in [0.3, 0.4) is 0 Å². The van der Waals surface area contributed by atoms with Crippen LogP contribution in [0.5, 0.6) is 0 Å². The highest BCUT2D eigenvalue weighted by atomic mass is 35.5. The Morgan fingerprint density at radius 3 is 2.44 bits per heavy atom. The van der Waals surface area contributed by atoms with E-state index in [9.17, 15) is 13.6 Å². The monoisotopic (exact) mass is 249 g/mol. The summed E-state index contributed by atoms with van der Waals surface area (Å²) in [6.45, 7) is 0. The molecule has 88 valence electrons. The van der Waals surface area contributed by atoms with E-state index >= 15 is 0 Å². The molecule has 1 aromatic carbocycles. The molecule has 3 nitrogen and oxygen atoms in total. The Bertz CT molecular complexity index is 367. The number of methoxy groups -OCH3 is 1. The minimum absolute atomic E-state index is 0.0465. The number of rotatable bonds is 4. The van der Waals surface area contributed by atoms with Gasteiger partial charge in [0.15, 0.2) is 0 Å². The largest absolute Gasteiger partial charge is 0.468 e. The number of halogens is 3. The van der Waals surface area contributed by atoms with Gasteiger partial charge >= 0.3 is 5.97 Å². The molecule has 0 aromatic heterocycles. The Balaban J connectivity index is 2.81. The summed E-state index contributed by atoms with van der Waals surface area (Å²) in [5.41, 5.74) is 0.320. The van der Waals surface area contributed by atoms with E-state index < -0.39 is 23.6 Å². The number of carbonyl (C=O) groups excluding carboxylic acids is 1. The molecule has 1 unspecified atom stereocenters. The van der Waals surface area contributed by atoms with Crippen LogP contribution >= 0.6 is 11.8 Å². The summed E-state index contributed by atoms with van der Waals surface area (Å²) in [5.74, 6) is -2.00. The van der Waals surface area contributed by atoms with Crippen LogP contribution in [-0.2, 0) is 16.0 Å². The molecule has 1 aromatic rings. The van der Waals surface area contributed by atoms with Crippen LogP contribution < -0.4 is 4.84 Å². The zero-order valence-corrected chi connectivity index (χ0v) is 9.22. The van der Waals surface area contributed by atoms with Crippen molar-refractivity contribution in [3.05, 3.63) is 35.4 Å². The van der Waals surface area contributed by atoms with E-state index in [1.807, 2.05) is 0 Å². The van der Waals surface area contributed by atoms with Crippen molar-refractivity contribution in [2.75, 3.05) is 7.11 Å². The standard InChI is InChI=1S/C10H10ClF2NO2/c1-16-10(15)9(14-11)4-6-2-7(12)5-8(13)3-6/h2-3,5,9,14H,4H2,1H3. The normalized spacial score (nSPS) is 12.2. The van der Waals surface area contributed by atoms with Crippen LogP contribution in [0.15, 0.2) is 18.2 Å². The summed E-state index contributed by atoms with van der Waals surface area (Å²) in [7, 11) is 1.20. The number of benzene rings is 1. The maximum absolute atomic E-state index is 12.9. The van der Waals surface area contributed by atoms with Crippen molar-refractivity contribution in [3.8, 4) is 0 Å². The van der Waals surface area contributed by atoms with Gasteiger partial charge in [-0.25, -0.2) is 13.6 Å². The molecule has 0 aliphatic carbocycles. The van der Waals surface area contributed by atoms with Crippen molar-refractivity contribution >= 4 is 17.7 Å². The predicted molar refractivity (Wildman–Crippen MR) is 54.9 cm³/mol. The first kappa shape index (κ1) is 12.9. The van der Waals surface area contributed by atoms with Gasteiger partial charge in [0.1, 0.15) is 17.7 Å². The average Bonchev–Trinajstić information content (AvgIpc) is 2.23. The molecular weight excluding hydrogens is 240 g/mol. The molecule has 6 heteroatoms. The molecule has 16 heavy (non-hydrogen) atoms. The van der Waals surface area contributed by atoms with Gasteiger partial charge in [0.2, 0.25) is 0 Å². The maximum Gasteiger partial charge on any atom is 0.324 e. The highest BCUT2D eigenvalue weighted by Crippen LogP contribution is 2.11. The first-order valence-corrected chi connectivity index (χ1v) is 4.83. The zero-order valence-electron chi connectivity index (χ0n) is 8.47. The van der Waals surface area contributed by atoms with E-state index in [1.165, 1.54) is 7.11 Å². The van der Waals surface area contributed by atoms with Crippen LogP contribution in [-0.4, -0.2) is 19.1 Å². The third-order valence-corrected chi connectivity index (χ3v) is 2.24. The summed E-state index contributed by atoms with van der Waals surface area (Å²) in [4.78, 5) is 13.4. The second kappa shape index (κ2) is 5.77. The van der Waals surface area contributed by atoms with Gasteiger partial charge in [0, 0.05) is 6.07 Å². The zero-order chi connectivity index (χ0) is 12.1. The molecule has 0 spiro atoms. The molecule has 0 heterocycles. The molecule has 0 saturated carbocycles. The predicted octanol–water partition coefficient (Wildman–Crippen LogP) is 1.79. The van der Waals surface area contributed by atoms with Crippen molar-refractivity contribution in [3.63, 3.8) is 0 Å². The number of hydrogen-bond donors (Lipinski definition) is 1. The second-order valence-corrected chi connectivity index (χ2v) is 3.38. The van der Waals surface area contributed by atoms with Crippen LogP contribution in [0, 0.1) is 11.6 Å². The number of carbonyl (C=O) groups is 1. The number of ether oxygens (including phenoxy) is 1.